The summed E-state index contributed by atoms with van der Waals surface area (Å²) in [6.07, 6.45) is 4.65. The van der Waals surface area contributed by atoms with Gasteiger partial charge in [-0.25, -0.2) is 0 Å². The van der Waals surface area contributed by atoms with Crippen molar-refractivity contribution in [2.24, 2.45) is 5.92 Å². The van der Waals surface area contributed by atoms with Crippen LogP contribution in [0.2, 0.25) is 0 Å². The number of anilines is 2. The number of nitrogens with two attached hydrogens (primary N) is 2. The van der Waals surface area contributed by atoms with E-state index in [0.717, 1.165) is 16.9 Å². The lowest BCUT2D eigenvalue weighted by molar-refractivity contribution is 0.601. The lowest BCUT2D eigenvalue weighted by atomic mass is 9.76. The zero-order valence-corrected chi connectivity index (χ0v) is 19.2. The number of aryl methyl sites for hydroxylation is 1. The smallest absolute Gasteiger partial charge is 0.0323 e. The Bertz CT molecular complexity index is 1210. The van der Waals surface area contributed by atoms with E-state index >= 15 is 0 Å². The molecule has 4 rings (SSSR count). The van der Waals surface area contributed by atoms with Gasteiger partial charge in [-0.2, -0.15) is 0 Å². The van der Waals surface area contributed by atoms with Gasteiger partial charge in [0, 0.05) is 17.3 Å². The summed E-state index contributed by atoms with van der Waals surface area (Å²) in [5, 5.41) is 0. The van der Waals surface area contributed by atoms with Crippen LogP contribution in [0, 0.1) is 19.8 Å². The zero-order chi connectivity index (χ0) is 22.3. The normalized spacial score (nSPS) is 18.5. The second-order valence-corrected chi connectivity index (χ2v) is 9.08. The number of hydrogen-bond acceptors (Lipinski definition) is 2. The van der Waals surface area contributed by atoms with Crippen LogP contribution in [-0.4, -0.2) is 0 Å². The predicted molar refractivity (Wildman–Crippen MR) is 135 cm³/mol. The van der Waals surface area contributed by atoms with Crippen molar-refractivity contribution in [3.63, 3.8) is 0 Å². The number of hydrogen-bond donors (Lipinski definition) is 2. The van der Waals surface area contributed by atoms with Gasteiger partial charge in [0.15, 0.2) is 0 Å². The van der Waals surface area contributed by atoms with Crippen LogP contribution >= 0.6 is 0 Å². The van der Waals surface area contributed by atoms with Crippen LogP contribution in [0.15, 0.2) is 77.9 Å². The fourth-order valence-electron chi connectivity index (χ4n) is 5.30. The molecule has 0 amide bonds. The molecule has 31 heavy (non-hydrogen) atoms. The van der Waals surface area contributed by atoms with Crippen LogP contribution in [-0.2, 0) is 0 Å². The molecule has 0 aliphatic heterocycles. The topological polar surface area (TPSA) is 52.0 Å². The lowest BCUT2D eigenvalue weighted by Gasteiger charge is -2.28. The van der Waals surface area contributed by atoms with Crippen LogP contribution in [0.5, 0.6) is 0 Å². The first-order valence-electron chi connectivity index (χ1n) is 11.0. The summed E-state index contributed by atoms with van der Waals surface area (Å²) in [6, 6.07) is 19.1. The van der Waals surface area contributed by atoms with E-state index in [1.54, 1.807) is 0 Å². The monoisotopic (exact) mass is 408 g/mol. The molecule has 158 valence electrons. The maximum absolute atomic E-state index is 6.42. The van der Waals surface area contributed by atoms with Crippen molar-refractivity contribution in [3.05, 3.63) is 94.6 Å². The lowest BCUT2D eigenvalue weighted by Crippen LogP contribution is -2.13. The molecule has 2 unspecified atom stereocenters. The molecular formula is C29H32N2. The summed E-state index contributed by atoms with van der Waals surface area (Å²) < 4.78 is 0. The number of rotatable bonds is 3. The molecule has 4 N–H and O–H groups in total. The van der Waals surface area contributed by atoms with Crippen LogP contribution in [0.25, 0.3) is 22.3 Å². The third-order valence-corrected chi connectivity index (χ3v) is 6.49. The first-order chi connectivity index (χ1) is 14.7. The molecule has 0 fully saturated rings. The molecule has 0 spiro atoms. The molecule has 3 aromatic carbocycles. The van der Waals surface area contributed by atoms with E-state index in [4.69, 9.17) is 11.5 Å². The quantitative estimate of drug-likeness (QED) is 0.443. The number of allylic oxidation sites excluding steroid dienone is 4. The average Bonchev–Trinajstić information content (AvgIpc) is 2.67. The minimum Gasteiger partial charge on any atom is -0.399 e. The Morgan fingerprint density at radius 3 is 2.23 bits per heavy atom. The second-order valence-electron chi connectivity index (χ2n) is 9.08. The van der Waals surface area contributed by atoms with Crippen molar-refractivity contribution in [2.45, 2.75) is 40.5 Å². The summed E-state index contributed by atoms with van der Waals surface area (Å²) in [5.41, 5.74) is 25.4. The first-order valence-corrected chi connectivity index (χ1v) is 11.0. The van der Waals surface area contributed by atoms with Gasteiger partial charge in [-0.3, -0.25) is 0 Å². The molecule has 2 atom stereocenters. The Labute approximate surface area is 186 Å². The molecule has 0 aromatic heterocycles. The maximum atomic E-state index is 6.42. The molecule has 0 saturated heterocycles. The van der Waals surface area contributed by atoms with E-state index in [2.05, 4.69) is 89.2 Å². The maximum Gasteiger partial charge on any atom is 0.0323 e. The molecule has 0 radical (unpaired) electrons. The Kier molecular flexibility index (Phi) is 5.49. The number of benzene rings is 3. The van der Waals surface area contributed by atoms with Gasteiger partial charge >= 0.3 is 0 Å². The van der Waals surface area contributed by atoms with Gasteiger partial charge in [0.2, 0.25) is 0 Å². The summed E-state index contributed by atoms with van der Waals surface area (Å²) in [6.45, 7) is 11.1. The highest BCUT2D eigenvalue weighted by Gasteiger charge is 2.24. The zero-order valence-electron chi connectivity index (χ0n) is 19.2. The molecule has 0 bridgehead atoms. The predicted octanol–water partition coefficient (Wildman–Crippen LogP) is 7.43. The Balaban J connectivity index is 1.85. The molecule has 3 aromatic rings. The van der Waals surface area contributed by atoms with Crippen LogP contribution in [0.4, 0.5) is 11.4 Å². The van der Waals surface area contributed by atoms with Gasteiger partial charge in [0.25, 0.3) is 0 Å². The van der Waals surface area contributed by atoms with E-state index in [-0.39, 0.29) is 0 Å². The summed E-state index contributed by atoms with van der Waals surface area (Å²) in [7, 11) is 0. The highest BCUT2D eigenvalue weighted by Crippen LogP contribution is 2.41. The van der Waals surface area contributed by atoms with Gasteiger partial charge in [-0.05, 0) is 96.8 Å². The van der Waals surface area contributed by atoms with E-state index in [1.807, 2.05) is 12.1 Å². The van der Waals surface area contributed by atoms with Gasteiger partial charge in [0.1, 0.15) is 0 Å². The van der Waals surface area contributed by atoms with E-state index < -0.39 is 0 Å². The van der Waals surface area contributed by atoms with Gasteiger partial charge in [-0.15, -0.1) is 0 Å². The molecule has 1 aliphatic rings. The Hall–Kier alpha value is -3.26. The molecular weight excluding hydrogens is 376 g/mol. The first kappa shape index (κ1) is 21.0. The highest BCUT2D eigenvalue weighted by molar-refractivity contribution is 5.82. The standard InChI is InChI=1S/C29H32N2/c1-17-11-19(3)28(20(4)12-17)24-13-23(15-26(31)16-24)27-10-9-18(2)29(21(27)5)22-7-6-8-25(30)14-22/h6-16,19,28H,30-31H2,1-5H3. The minimum absolute atomic E-state index is 0.352. The summed E-state index contributed by atoms with van der Waals surface area (Å²) >= 11 is 0. The largest absolute Gasteiger partial charge is 0.399 e. The van der Waals surface area contributed by atoms with Crippen LogP contribution < -0.4 is 11.5 Å². The van der Waals surface area contributed by atoms with Gasteiger partial charge < -0.3 is 11.5 Å². The third-order valence-electron chi connectivity index (χ3n) is 6.49. The van der Waals surface area contributed by atoms with Crippen molar-refractivity contribution < 1.29 is 0 Å². The third kappa shape index (κ3) is 4.03. The van der Waals surface area contributed by atoms with E-state index in [9.17, 15) is 0 Å². The minimum atomic E-state index is 0.352. The Morgan fingerprint density at radius 2 is 1.52 bits per heavy atom. The van der Waals surface area contributed by atoms with Crippen molar-refractivity contribution in [1.82, 2.24) is 0 Å². The van der Waals surface area contributed by atoms with Gasteiger partial charge in [0.05, 0.1) is 0 Å². The van der Waals surface area contributed by atoms with Crippen molar-refractivity contribution in [2.75, 3.05) is 11.5 Å². The fraction of sp³-hybridized carbons (Fsp3) is 0.241. The second kappa shape index (κ2) is 8.11. The van der Waals surface area contributed by atoms with E-state index in [1.165, 1.54) is 44.5 Å². The Morgan fingerprint density at radius 1 is 0.774 bits per heavy atom. The fourth-order valence-corrected chi connectivity index (χ4v) is 5.30. The summed E-state index contributed by atoms with van der Waals surface area (Å²) in [5.74, 6) is 0.798. The van der Waals surface area contributed by atoms with Crippen molar-refractivity contribution in [3.8, 4) is 22.3 Å². The molecule has 2 nitrogen and oxygen atoms in total. The number of nitrogen functional groups attached to an aromatic ring is 2. The molecule has 0 heterocycles. The van der Waals surface area contributed by atoms with Gasteiger partial charge in [-0.1, -0.05) is 60.6 Å². The SMILES string of the molecule is CC1=CC(C)C(c2cc(N)cc(-c3ccc(C)c(-c4cccc(N)c4)c3C)c2)C(C)=C1. The molecule has 0 saturated carbocycles. The molecule has 1 aliphatic carbocycles. The molecule has 2 heteroatoms. The summed E-state index contributed by atoms with van der Waals surface area (Å²) in [4.78, 5) is 0. The highest BCUT2D eigenvalue weighted by atomic mass is 14.5. The van der Waals surface area contributed by atoms with Crippen LogP contribution in [0.3, 0.4) is 0 Å². The average molecular weight is 409 g/mol. The van der Waals surface area contributed by atoms with Crippen molar-refractivity contribution >= 4 is 11.4 Å². The van der Waals surface area contributed by atoms with Crippen LogP contribution in [0.1, 0.15) is 43.4 Å². The van der Waals surface area contributed by atoms with Crippen molar-refractivity contribution in [1.29, 1.82) is 0 Å². The van der Waals surface area contributed by atoms with E-state index in [0.29, 0.717) is 11.8 Å².